The predicted molar refractivity (Wildman–Crippen MR) is 153 cm³/mol. The van der Waals surface area contributed by atoms with Gasteiger partial charge in [-0.1, -0.05) is 48.5 Å². The highest BCUT2D eigenvalue weighted by Crippen LogP contribution is 2.47. The van der Waals surface area contributed by atoms with E-state index in [2.05, 4.69) is 15.1 Å². The Morgan fingerprint density at radius 2 is 1.77 bits per heavy atom. The van der Waals surface area contributed by atoms with E-state index in [-0.39, 0.29) is 35.1 Å². The fourth-order valence-corrected chi connectivity index (χ4v) is 5.69. The molecule has 0 radical (unpaired) electrons. The number of halogens is 1. The maximum absolute atomic E-state index is 13.6. The molecule has 3 aliphatic heterocycles. The van der Waals surface area contributed by atoms with Gasteiger partial charge in [-0.2, -0.15) is 0 Å². The van der Waals surface area contributed by atoms with Crippen molar-refractivity contribution in [1.82, 2.24) is 4.90 Å². The molecule has 2 atom stereocenters. The number of anilines is 3. The van der Waals surface area contributed by atoms with Crippen LogP contribution in [0.3, 0.4) is 0 Å². The van der Waals surface area contributed by atoms with Gasteiger partial charge in [0.2, 0.25) is 0 Å². The first-order valence-electron chi connectivity index (χ1n) is 13.3. The number of nitro benzene ring substituents is 1. The fraction of sp³-hybridized carbons (Fsp3) is 0.345. The number of ether oxygens (including phenoxy) is 2. The lowest BCUT2D eigenvalue weighted by molar-refractivity contribution is -0.384. The summed E-state index contributed by atoms with van der Waals surface area (Å²) >= 11 is 6.00. The Labute approximate surface area is 237 Å². The van der Waals surface area contributed by atoms with Gasteiger partial charge in [0.15, 0.2) is 0 Å². The number of fused-ring (bicyclic) bond motifs is 2. The van der Waals surface area contributed by atoms with E-state index in [1.807, 2.05) is 60.7 Å². The van der Waals surface area contributed by atoms with Crippen LogP contribution in [0, 0.1) is 10.1 Å². The second-order valence-corrected chi connectivity index (χ2v) is 10.4. The van der Waals surface area contributed by atoms with Crippen LogP contribution >= 0.6 is 11.6 Å². The van der Waals surface area contributed by atoms with Crippen LogP contribution in [0.5, 0.6) is 0 Å². The van der Waals surface area contributed by atoms with E-state index in [1.165, 1.54) is 0 Å². The summed E-state index contributed by atoms with van der Waals surface area (Å²) in [7, 11) is 0. The van der Waals surface area contributed by atoms with Crippen LogP contribution in [0.25, 0.3) is 0 Å². The third-order valence-electron chi connectivity index (χ3n) is 7.63. The molecule has 6 rings (SSSR count). The number of piperazine rings is 1. The summed E-state index contributed by atoms with van der Waals surface area (Å²) in [6, 6.07) is 22.6. The summed E-state index contributed by atoms with van der Waals surface area (Å²) in [4.78, 5) is 31.1. The van der Waals surface area contributed by atoms with Crippen LogP contribution in [-0.2, 0) is 26.6 Å². The molecule has 2 saturated heterocycles. The molecule has 3 aromatic carbocycles. The minimum absolute atomic E-state index is 0.0474. The van der Waals surface area contributed by atoms with Crippen molar-refractivity contribution in [2.75, 3.05) is 60.5 Å². The lowest BCUT2D eigenvalue weighted by atomic mass is 10.1. The molecule has 0 bridgehead atoms. The fourth-order valence-electron chi connectivity index (χ4n) is 5.53. The average Bonchev–Trinajstić information content (AvgIpc) is 3.53. The monoisotopic (exact) mass is 563 g/mol. The maximum Gasteiger partial charge on any atom is 0.293 e. The number of hydrogen-bond donors (Lipinski definition) is 1. The number of benzene rings is 3. The van der Waals surface area contributed by atoms with Crippen molar-refractivity contribution in [3.8, 4) is 0 Å². The van der Waals surface area contributed by atoms with E-state index >= 15 is 0 Å². The highest BCUT2D eigenvalue weighted by Gasteiger charge is 2.58. The minimum Gasteiger partial charge on any atom is -0.375 e. The number of rotatable bonds is 8. The zero-order valence-corrected chi connectivity index (χ0v) is 22.6. The van der Waals surface area contributed by atoms with Crippen LogP contribution in [0.1, 0.15) is 11.1 Å². The third-order valence-corrected chi connectivity index (χ3v) is 7.98. The van der Waals surface area contributed by atoms with Crippen molar-refractivity contribution in [3.63, 3.8) is 0 Å². The molecule has 40 heavy (non-hydrogen) atoms. The molecule has 0 aliphatic carbocycles. The second-order valence-electron chi connectivity index (χ2n) is 10.1. The number of nitrogens with one attached hydrogen (secondary N) is 1. The van der Waals surface area contributed by atoms with Gasteiger partial charge < -0.3 is 19.7 Å². The first-order chi connectivity index (χ1) is 19.5. The molecule has 208 valence electrons. The molecular weight excluding hydrogens is 534 g/mol. The molecule has 3 aromatic rings. The number of amides is 1. The Balaban J connectivity index is 1.13. The van der Waals surface area contributed by atoms with E-state index in [9.17, 15) is 14.9 Å². The third kappa shape index (κ3) is 4.88. The van der Waals surface area contributed by atoms with Gasteiger partial charge in [-0.15, -0.1) is 11.6 Å². The molecular formula is C29H30ClN5O5. The largest absolute Gasteiger partial charge is 0.375 e. The molecule has 1 spiro atoms. The Bertz CT molecular complexity index is 1400. The van der Waals surface area contributed by atoms with Crippen molar-refractivity contribution in [2.45, 2.75) is 18.4 Å². The standard InChI is InChI=1S/C29H30ClN5O5/c30-17-23-19-39-29(40-23)24-8-4-5-9-26(24)34(28(29)36)20-32-12-14-33(15-13-32)22-10-11-27(35(37)38)25(16-22)31-18-21-6-2-1-3-7-21/h1-11,16,23,31H,12-15,17-20H2/t23-,29-/m1/s1. The van der Waals surface area contributed by atoms with Crippen LogP contribution in [-0.4, -0.2) is 67.2 Å². The number of hydrogen-bond acceptors (Lipinski definition) is 8. The summed E-state index contributed by atoms with van der Waals surface area (Å²) in [6.45, 7) is 4.04. The molecule has 10 nitrogen and oxygen atoms in total. The van der Waals surface area contributed by atoms with E-state index in [1.54, 1.807) is 17.0 Å². The molecule has 1 amide bonds. The van der Waals surface area contributed by atoms with E-state index in [0.29, 0.717) is 50.6 Å². The zero-order valence-electron chi connectivity index (χ0n) is 21.9. The average molecular weight is 564 g/mol. The van der Waals surface area contributed by atoms with Crippen LogP contribution in [0.2, 0.25) is 0 Å². The van der Waals surface area contributed by atoms with Crippen molar-refractivity contribution < 1.29 is 19.2 Å². The number of alkyl halides is 1. The summed E-state index contributed by atoms with van der Waals surface area (Å²) in [5, 5.41) is 14.9. The summed E-state index contributed by atoms with van der Waals surface area (Å²) in [5.41, 5.74) is 4.00. The van der Waals surface area contributed by atoms with Crippen molar-refractivity contribution in [1.29, 1.82) is 0 Å². The van der Waals surface area contributed by atoms with Crippen molar-refractivity contribution in [3.05, 3.63) is 94.0 Å². The van der Waals surface area contributed by atoms with E-state index < -0.39 is 5.79 Å². The van der Waals surface area contributed by atoms with Gasteiger partial charge in [-0.05, 0) is 23.8 Å². The van der Waals surface area contributed by atoms with Crippen LogP contribution < -0.4 is 15.1 Å². The van der Waals surface area contributed by atoms with E-state index in [4.69, 9.17) is 21.1 Å². The SMILES string of the molecule is O=C1N(CN2CCN(c3ccc([N+](=O)[O-])c(NCc4ccccc4)c3)CC2)c2ccccc2[C@]12OC[C@@H](CCl)O2. The summed E-state index contributed by atoms with van der Waals surface area (Å²) in [6.07, 6.45) is -0.337. The van der Waals surface area contributed by atoms with Gasteiger partial charge in [-0.3, -0.25) is 24.7 Å². The lowest BCUT2D eigenvalue weighted by Crippen LogP contribution is -2.52. The number of para-hydroxylation sites is 1. The maximum atomic E-state index is 13.6. The first kappa shape index (κ1) is 26.5. The quantitative estimate of drug-likeness (QED) is 0.248. The first-order valence-corrected chi connectivity index (χ1v) is 13.8. The Hall–Kier alpha value is -3.70. The Kier molecular flexibility index (Phi) is 7.33. The molecule has 0 aromatic heterocycles. The number of carbonyl (C=O) groups is 1. The number of nitrogens with zero attached hydrogens (tertiary/aromatic N) is 4. The van der Waals surface area contributed by atoms with Gasteiger partial charge in [0.25, 0.3) is 17.4 Å². The van der Waals surface area contributed by atoms with Crippen molar-refractivity contribution >= 4 is 40.3 Å². The predicted octanol–water partition coefficient (Wildman–Crippen LogP) is 4.14. The Morgan fingerprint density at radius 1 is 1.02 bits per heavy atom. The van der Waals surface area contributed by atoms with E-state index in [0.717, 1.165) is 16.9 Å². The normalized spacial score (nSPS) is 22.6. The second kappa shape index (κ2) is 11.1. The molecule has 1 N–H and O–H groups in total. The smallest absolute Gasteiger partial charge is 0.293 e. The number of carbonyl (C=O) groups excluding carboxylic acids is 1. The Morgan fingerprint density at radius 3 is 2.50 bits per heavy atom. The highest BCUT2D eigenvalue weighted by molar-refractivity contribution is 6.18. The van der Waals surface area contributed by atoms with Gasteiger partial charge in [0.1, 0.15) is 5.69 Å². The molecule has 0 unspecified atom stereocenters. The minimum atomic E-state index is -1.43. The molecule has 3 aliphatic rings. The topological polar surface area (TPSA) is 100 Å². The zero-order chi connectivity index (χ0) is 27.7. The van der Waals surface area contributed by atoms with Crippen LogP contribution in [0.15, 0.2) is 72.8 Å². The van der Waals surface area contributed by atoms with Gasteiger partial charge in [0, 0.05) is 50.0 Å². The van der Waals surface area contributed by atoms with Crippen LogP contribution in [0.4, 0.5) is 22.7 Å². The van der Waals surface area contributed by atoms with Gasteiger partial charge in [-0.25, -0.2) is 0 Å². The highest BCUT2D eigenvalue weighted by atomic mass is 35.5. The molecule has 2 fully saturated rings. The molecule has 0 saturated carbocycles. The summed E-state index contributed by atoms with van der Waals surface area (Å²) in [5.74, 6) is -1.40. The van der Waals surface area contributed by atoms with Gasteiger partial charge in [0.05, 0.1) is 35.9 Å². The van der Waals surface area contributed by atoms with Gasteiger partial charge >= 0.3 is 0 Å². The lowest BCUT2D eigenvalue weighted by Gasteiger charge is -2.38. The molecule has 3 heterocycles. The number of nitro groups is 1. The summed E-state index contributed by atoms with van der Waals surface area (Å²) < 4.78 is 12.0. The molecule has 11 heteroatoms. The van der Waals surface area contributed by atoms with Crippen molar-refractivity contribution in [2.24, 2.45) is 0 Å².